The van der Waals surface area contributed by atoms with Crippen molar-refractivity contribution in [1.29, 1.82) is 0 Å². The van der Waals surface area contributed by atoms with Gasteiger partial charge >= 0.3 is 0 Å². The highest BCUT2D eigenvalue weighted by atomic mass is 32.1. The van der Waals surface area contributed by atoms with E-state index >= 15 is 0 Å². The van der Waals surface area contributed by atoms with E-state index in [-0.39, 0.29) is 0 Å². The Morgan fingerprint density at radius 3 is 2.78 bits per heavy atom. The molecule has 2 rings (SSSR count). The molecular weight excluding hydrogens is 240 g/mol. The number of aryl methyl sites for hydroxylation is 2. The second kappa shape index (κ2) is 6.12. The molecule has 0 fully saturated rings. The van der Waals surface area contributed by atoms with Crippen LogP contribution in [0.2, 0.25) is 0 Å². The maximum Gasteiger partial charge on any atom is 0.0468 e. The third-order valence-corrected chi connectivity index (χ3v) is 4.58. The first kappa shape index (κ1) is 13.2. The van der Waals surface area contributed by atoms with Gasteiger partial charge in [-0.05, 0) is 44.2 Å². The molecule has 2 aromatic rings. The summed E-state index contributed by atoms with van der Waals surface area (Å²) in [6.07, 6.45) is 3.94. The molecule has 0 saturated heterocycles. The molecule has 0 saturated carbocycles. The molecule has 3 heteroatoms. The Labute approximate surface area is 113 Å². The van der Waals surface area contributed by atoms with E-state index in [1.54, 1.807) is 0 Å². The van der Waals surface area contributed by atoms with E-state index in [1.165, 1.54) is 21.0 Å². The van der Waals surface area contributed by atoms with Gasteiger partial charge in [-0.25, -0.2) is 0 Å². The summed E-state index contributed by atoms with van der Waals surface area (Å²) in [6.45, 7) is 4.33. The van der Waals surface area contributed by atoms with Crippen molar-refractivity contribution in [2.24, 2.45) is 0 Å². The summed E-state index contributed by atoms with van der Waals surface area (Å²) in [5, 5.41) is 3.40. The Balaban J connectivity index is 2.17. The molecule has 96 valence electrons. The number of rotatable bonds is 5. The predicted octanol–water partition coefficient (Wildman–Crippen LogP) is 3.52. The minimum absolute atomic E-state index is 0.365. The van der Waals surface area contributed by atoms with E-state index in [9.17, 15) is 0 Å². The topological polar surface area (TPSA) is 24.9 Å². The fourth-order valence-electron chi connectivity index (χ4n) is 2.04. The van der Waals surface area contributed by atoms with E-state index in [2.05, 4.69) is 42.3 Å². The average molecular weight is 260 g/mol. The molecule has 1 atom stereocenters. The van der Waals surface area contributed by atoms with Gasteiger partial charge < -0.3 is 5.32 Å². The van der Waals surface area contributed by atoms with E-state index in [0.29, 0.717) is 6.04 Å². The van der Waals surface area contributed by atoms with E-state index in [1.807, 2.05) is 30.6 Å². The second-order valence-electron chi connectivity index (χ2n) is 4.47. The Kier molecular flexibility index (Phi) is 4.50. The number of nitrogens with zero attached hydrogens (tertiary/aromatic N) is 1. The molecule has 2 nitrogen and oxygen atoms in total. The summed E-state index contributed by atoms with van der Waals surface area (Å²) in [4.78, 5) is 7.33. The summed E-state index contributed by atoms with van der Waals surface area (Å²) in [5.74, 6) is 0. The van der Waals surface area contributed by atoms with Gasteiger partial charge in [0.25, 0.3) is 0 Å². The summed E-state index contributed by atoms with van der Waals surface area (Å²) in [6, 6.07) is 8.96. The standard InChI is InChI=1S/C15H20N2S/c1-4-12-7-8-15(18-12)14(16-3)10-13-11(2)6-5-9-17-13/h5-9,14,16H,4,10H2,1-3H3. The van der Waals surface area contributed by atoms with Crippen LogP contribution in [-0.2, 0) is 12.8 Å². The SMILES string of the molecule is CCc1ccc(C(Cc2ncccc2C)NC)s1. The van der Waals surface area contributed by atoms with Crippen molar-refractivity contribution in [2.45, 2.75) is 32.7 Å². The Bertz CT molecular complexity index is 505. The van der Waals surface area contributed by atoms with Crippen molar-refractivity contribution in [3.8, 4) is 0 Å². The molecule has 0 aliphatic rings. The summed E-state index contributed by atoms with van der Waals surface area (Å²) in [5.41, 5.74) is 2.45. The molecule has 18 heavy (non-hydrogen) atoms. The van der Waals surface area contributed by atoms with Crippen LogP contribution in [0.25, 0.3) is 0 Å². The zero-order valence-corrected chi connectivity index (χ0v) is 12.1. The number of hydrogen-bond acceptors (Lipinski definition) is 3. The maximum absolute atomic E-state index is 4.48. The fourth-order valence-corrected chi connectivity index (χ4v) is 3.10. The van der Waals surface area contributed by atoms with Gasteiger partial charge in [0.05, 0.1) is 0 Å². The molecule has 0 aliphatic carbocycles. The molecular formula is C15H20N2S. The molecule has 2 aromatic heterocycles. The van der Waals surface area contributed by atoms with Crippen LogP contribution in [0.5, 0.6) is 0 Å². The number of thiophene rings is 1. The van der Waals surface area contributed by atoms with Gasteiger partial charge in [0.2, 0.25) is 0 Å². The number of nitrogens with one attached hydrogen (secondary N) is 1. The average Bonchev–Trinajstić information content (AvgIpc) is 2.86. The van der Waals surface area contributed by atoms with Crippen LogP contribution in [0.15, 0.2) is 30.5 Å². The molecule has 2 heterocycles. The van der Waals surface area contributed by atoms with Crippen LogP contribution in [0, 0.1) is 6.92 Å². The van der Waals surface area contributed by atoms with Crippen molar-refractivity contribution >= 4 is 11.3 Å². The first-order valence-corrected chi connectivity index (χ1v) is 7.22. The lowest BCUT2D eigenvalue weighted by Crippen LogP contribution is -2.18. The fraction of sp³-hybridized carbons (Fsp3) is 0.400. The van der Waals surface area contributed by atoms with Crippen molar-refractivity contribution in [3.63, 3.8) is 0 Å². The second-order valence-corrected chi connectivity index (χ2v) is 5.67. The highest BCUT2D eigenvalue weighted by Crippen LogP contribution is 2.26. The smallest absolute Gasteiger partial charge is 0.0468 e. The van der Waals surface area contributed by atoms with Crippen LogP contribution in [-0.4, -0.2) is 12.0 Å². The molecule has 0 bridgehead atoms. The largest absolute Gasteiger partial charge is 0.312 e. The first-order chi connectivity index (χ1) is 8.74. The normalized spacial score (nSPS) is 12.6. The molecule has 1 N–H and O–H groups in total. The first-order valence-electron chi connectivity index (χ1n) is 6.41. The molecule has 1 unspecified atom stereocenters. The van der Waals surface area contributed by atoms with E-state index < -0.39 is 0 Å². The van der Waals surface area contributed by atoms with Crippen LogP contribution in [0.3, 0.4) is 0 Å². The minimum Gasteiger partial charge on any atom is -0.312 e. The quantitative estimate of drug-likeness (QED) is 0.889. The summed E-state index contributed by atoms with van der Waals surface area (Å²) >= 11 is 1.90. The number of likely N-dealkylation sites (N-methyl/N-ethyl adjacent to an activating group) is 1. The van der Waals surface area contributed by atoms with Crippen molar-refractivity contribution in [3.05, 3.63) is 51.5 Å². The maximum atomic E-state index is 4.48. The summed E-state index contributed by atoms with van der Waals surface area (Å²) in [7, 11) is 2.02. The highest BCUT2D eigenvalue weighted by molar-refractivity contribution is 7.12. The van der Waals surface area contributed by atoms with E-state index in [4.69, 9.17) is 0 Å². The number of aromatic nitrogens is 1. The van der Waals surface area contributed by atoms with Gasteiger partial charge in [0.15, 0.2) is 0 Å². The van der Waals surface area contributed by atoms with Gasteiger partial charge in [-0.2, -0.15) is 0 Å². The van der Waals surface area contributed by atoms with Crippen molar-refractivity contribution in [2.75, 3.05) is 7.05 Å². The zero-order valence-electron chi connectivity index (χ0n) is 11.2. The third-order valence-electron chi connectivity index (χ3n) is 3.24. The lowest BCUT2D eigenvalue weighted by Gasteiger charge is -2.15. The lowest BCUT2D eigenvalue weighted by molar-refractivity contribution is 0.592. The molecule has 0 amide bonds. The predicted molar refractivity (Wildman–Crippen MR) is 78.2 cm³/mol. The van der Waals surface area contributed by atoms with E-state index in [0.717, 1.165) is 12.8 Å². The van der Waals surface area contributed by atoms with Crippen molar-refractivity contribution in [1.82, 2.24) is 10.3 Å². The Morgan fingerprint density at radius 1 is 1.33 bits per heavy atom. The third kappa shape index (κ3) is 2.98. The highest BCUT2D eigenvalue weighted by Gasteiger charge is 2.14. The molecule has 0 radical (unpaired) electrons. The van der Waals surface area contributed by atoms with Crippen LogP contribution < -0.4 is 5.32 Å². The summed E-state index contributed by atoms with van der Waals surface area (Å²) < 4.78 is 0. The van der Waals surface area contributed by atoms with Gasteiger partial charge in [-0.1, -0.05) is 13.0 Å². The number of hydrogen-bond donors (Lipinski definition) is 1. The Morgan fingerprint density at radius 2 is 2.17 bits per heavy atom. The molecule has 0 spiro atoms. The molecule has 0 aliphatic heterocycles. The minimum atomic E-state index is 0.365. The van der Waals surface area contributed by atoms with Crippen LogP contribution in [0.4, 0.5) is 0 Å². The van der Waals surface area contributed by atoms with Crippen LogP contribution in [0.1, 0.15) is 34.0 Å². The van der Waals surface area contributed by atoms with Crippen molar-refractivity contribution < 1.29 is 0 Å². The monoisotopic (exact) mass is 260 g/mol. The number of pyridine rings is 1. The van der Waals surface area contributed by atoms with Gasteiger partial charge in [-0.15, -0.1) is 11.3 Å². The van der Waals surface area contributed by atoms with Gasteiger partial charge in [-0.3, -0.25) is 4.98 Å². The van der Waals surface area contributed by atoms with Gasteiger partial charge in [0.1, 0.15) is 0 Å². The molecule has 0 aromatic carbocycles. The zero-order chi connectivity index (χ0) is 13.0. The van der Waals surface area contributed by atoms with Gasteiger partial charge in [0, 0.05) is 34.1 Å². The van der Waals surface area contributed by atoms with Crippen LogP contribution >= 0.6 is 11.3 Å². The lowest BCUT2D eigenvalue weighted by atomic mass is 10.1. The Hall–Kier alpha value is -1.19.